The van der Waals surface area contributed by atoms with Crippen molar-refractivity contribution in [3.05, 3.63) is 42.2 Å². The molecule has 1 aliphatic rings. The summed E-state index contributed by atoms with van der Waals surface area (Å²) in [6.45, 7) is 0. The lowest BCUT2D eigenvalue weighted by molar-refractivity contribution is 0.0936. The van der Waals surface area contributed by atoms with E-state index in [0.29, 0.717) is 6.42 Å². The molecule has 104 valence electrons. The topological polar surface area (TPSA) is 56.0 Å². The summed E-state index contributed by atoms with van der Waals surface area (Å²) in [5.74, 6) is 0.159. The number of aromatic nitrogens is 1. The largest absolute Gasteiger partial charge is 0.325 e. The molecule has 0 unspecified atom stereocenters. The van der Waals surface area contributed by atoms with Crippen molar-refractivity contribution >= 4 is 16.6 Å². The SMILES string of the molecule is NC1(CC(=O)c2cccc3cnccc23)CCCCC1. The van der Waals surface area contributed by atoms with Gasteiger partial charge in [0.1, 0.15) is 0 Å². The van der Waals surface area contributed by atoms with Gasteiger partial charge in [0, 0.05) is 35.3 Å². The van der Waals surface area contributed by atoms with E-state index < -0.39 is 0 Å². The van der Waals surface area contributed by atoms with Gasteiger partial charge in [-0.1, -0.05) is 37.5 Å². The number of hydrogen-bond acceptors (Lipinski definition) is 3. The third-order valence-electron chi connectivity index (χ3n) is 4.34. The van der Waals surface area contributed by atoms with E-state index in [0.717, 1.165) is 42.0 Å². The first kappa shape index (κ1) is 13.3. The van der Waals surface area contributed by atoms with Gasteiger partial charge in [-0.25, -0.2) is 0 Å². The average molecular weight is 268 g/mol. The summed E-state index contributed by atoms with van der Waals surface area (Å²) in [4.78, 5) is 16.7. The lowest BCUT2D eigenvalue weighted by Gasteiger charge is -2.32. The molecule has 0 saturated heterocycles. The van der Waals surface area contributed by atoms with Crippen molar-refractivity contribution in [1.29, 1.82) is 0 Å². The van der Waals surface area contributed by atoms with Crippen molar-refractivity contribution in [3.8, 4) is 0 Å². The van der Waals surface area contributed by atoms with Crippen LogP contribution in [0.3, 0.4) is 0 Å². The smallest absolute Gasteiger partial charge is 0.165 e. The standard InChI is InChI=1S/C17H20N2O/c18-17(8-2-1-3-9-17)11-16(20)15-6-4-5-13-12-19-10-7-14(13)15/h4-7,10,12H,1-3,8-9,11,18H2. The molecule has 0 amide bonds. The van der Waals surface area contributed by atoms with Crippen LogP contribution in [0.4, 0.5) is 0 Å². The number of carbonyl (C=O) groups is 1. The van der Waals surface area contributed by atoms with E-state index in [9.17, 15) is 4.79 Å². The second kappa shape index (κ2) is 5.33. The normalized spacial score (nSPS) is 18.1. The lowest BCUT2D eigenvalue weighted by Crippen LogP contribution is -2.43. The van der Waals surface area contributed by atoms with Crippen molar-refractivity contribution in [2.45, 2.75) is 44.1 Å². The molecular weight excluding hydrogens is 248 g/mol. The van der Waals surface area contributed by atoms with E-state index in [-0.39, 0.29) is 11.3 Å². The molecule has 0 atom stereocenters. The van der Waals surface area contributed by atoms with Gasteiger partial charge in [-0.05, 0) is 24.3 Å². The second-order valence-electron chi connectivity index (χ2n) is 5.93. The van der Waals surface area contributed by atoms with Crippen LogP contribution in [0.25, 0.3) is 10.8 Å². The van der Waals surface area contributed by atoms with Crippen molar-refractivity contribution in [2.24, 2.45) is 5.73 Å². The van der Waals surface area contributed by atoms with Gasteiger partial charge in [0.2, 0.25) is 0 Å². The molecule has 1 aliphatic carbocycles. The number of benzene rings is 1. The highest BCUT2D eigenvalue weighted by molar-refractivity contribution is 6.08. The minimum absolute atomic E-state index is 0.159. The van der Waals surface area contributed by atoms with Crippen molar-refractivity contribution < 1.29 is 4.79 Å². The maximum atomic E-state index is 12.6. The predicted octanol–water partition coefficient (Wildman–Crippen LogP) is 3.47. The number of rotatable bonds is 3. The monoisotopic (exact) mass is 268 g/mol. The van der Waals surface area contributed by atoms with Crippen LogP contribution in [0.5, 0.6) is 0 Å². The molecule has 3 heteroatoms. The number of ketones is 1. The van der Waals surface area contributed by atoms with E-state index in [2.05, 4.69) is 4.98 Å². The zero-order valence-electron chi connectivity index (χ0n) is 11.6. The minimum Gasteiger partial charge on any atom is -0.325 e. The summed E-state index contributed by atoms with van der Waals surface area (Å²) in [5.41, 5.74) is 6.89. The molecule has 1 saturated carbocycles. The van der Waals surface area contributed by atoms with Gasteiger partial charge in [0.25, 0.3) is 0 Å². The van der Waals surface area contributed by atoms with Gasteiger partial charge in [0.05, 0.1) is 0 Å². The fraction of sp³-hybridized carbons (Fsp3) is 0.412. The number of Topliss-reactive ketones (excluding diaryl/α,β-unsaturated/α-hetero) is 1. The highest BCUT2D eigenvalue weighted by Crippen LogP contribution is 2.30. The van der Waals surface area contributed by atoms with E-state index in [4.69, 9.17) is 5.73 Å². The number of hydrogen-bond donors (Lipinski definition) is 1. The number of nitrogens with two attached hydrogens (primary N) is 1. The summed E-state index contributed by atoms with van der Waals surface area (Å²) < 4.78 is 0. The van der Waals surface area contributed by atoms with Gasteiger partial charge in [0.15, 0.2) is 5.78 Å². The maximum Gasteiger partial charge on any atom is 0.165 e. The third-order valence-corrected chi connectivity index (χ3v) is 4.34. The maximum absolute atomic E-state index is 12.6. The van der Waals surface area contributed by atoms with Crippen molar-refractivity contribution in [2.75, 3.05) is 0 Å². The number of pyridine rings is 1. The Bertz CT molecular complexity index is 624. The Morgan fingerprint density at radius 2 is 2.00 bits per heavy atom. The van der Waals surface area contributed by atoms with Crippen LogP contribution in [0, 0.1) is 0 Å². The van der Waals surface area contributed by atoms with Crippen LogP contribution in [0.15, 0.2) is 36.7 Å². The van der Waals surface area contributed by atoms with Crippen molar-refractivity contribution in [3.63, 3.8) is 0 Å². The van der Waals surface area contributed by atoms with Gasteiger partial charge in [-0.2, -0.15) is 0 Å². The molecule has 20 heavy (non-hydrogen) atoms. The lowest BCUT2D eigenvalue weighted by atomic mass is 9.78. The molecule has 2 aromatic rings. The molecule has 2 N–H and O–H groups in total. The van der Waals surface area contributed by atoms with Gasteiger partial charge < -0.3 is 5.73 Å². The third kappa shape index (κ3) is 2.59. The highest BCUT2D eigenvalue weighted by Gasteiger charge is 2.30. The molecule has 0 aliphatic heterocycles. The Hall–Kier alpha value is -1.74. The summed E-state index contributed by atoms with van der Waals surface area (Å²) >= 11 is 0. The quantitative estimate of drug-likeness (QED) is 0.867. The van der Waals surface area contributed by atoms with E-state index in [1.807, 2.05) is 24.3 Å². The fourth-order valence-electron chi connectivity index (χ4n) is 3.21. The first-order chi connectivity index (χ1) is 9.68. The fourth-order valence-corrected chi connectivity index (χ4v) is 3.21. The van der Waals surface area contributed by atoms with Crippen LogP contribution in [-0.4, -0.2) is 16.3 Å². The molecule has 1 aromatic heterocycles. The summed E-state index contributed by atoms with van der Waals surface area (Å²) in [6.07, 6.45) is 9.44. The molecule has 0 bridgehead atoms. The van der Waals surface area contributed by atoms with Crippen LogP contribution in [-0.2, 0) is 0 Å². The Kier molecular flexibility index (Phi) is 3.53. The molecule has 1 fully saturated rings. The Morgan fingerprint density at radius 1 is 1.20 bits per heavy atom. The number of fused-ring (bicyclic) bond motifs is 1. The Labute approximate surface area is 119 Å². The molecule has 1 aromatic carbocycles. The summed E-state index contributed by atoms with van der Waals surface area (Å²) in [5, 5.41) is 1.99. The summed E-state index contributed by atoms with van der Waals surface area (Å²) in [6, 6.07) is 7.71. The molecule has 3 nitrogen and oxygen atoms in total. The average Bonchev–Trinajstić information content (AvgIpc) is 2.47. The first-order valence-electron chi connectivity index (χ1n) is 7.33. The van der Waals surface area contributed by atoms with Crippen LogP contribution >= 0.6 is 0 Å². The molecular formula is C17H20N2O. The number of carbonyl (C=O) groups excluding carboxylic acids is 1. The number of nitrogens with zero attached hydrogens (tertiary/aromatic N) is 1. The Morgan fingerprint density at radius 3 is 2.80 bits per heavy atom. The second-order valence-corrected chi connectivity index (χ2v) is 5.93. The van der Waals surface area contributed by atoms with Crippen LogP contribution in [0.1, 0.15) is 48.9 Å². The van der Waals surface area contributed by atoms with Crippen LogP contribution < -0.4 is 5.73 Å². The molecule has 1 heterocycles. The zero-order chi connectivity index (χ0) is 14.0. The first-order valence-corrected chi connectivity index (χ1v) is 7.33. The van der Waals surface area contributed by atoms with Crippen molar-refractivity contribution in [1.82, 2.24) is 4.98 Å². The van der Waals surface area contributed by atoms with E-state index in [1.165, 1.54) is 6.42 Å². The molecule has 0 spiro atoms. The predicted molar refractivity (Wildman–Crippen MR) is 80.7 cm³/mol. The Balaban J connectivity index is 1.89. The highest BCUT2D eigenvalue weighted by atomic mass is 16.1. The van der Waals surface area contributed by atoms with Gasteiger partial charge in [-0.3, -0.25) is 9.78 Å². The zero-order valence-corrected chi connectivity index (χ0v) is 11.6. The van der Waals surface area contributed by atoms with Crippen LogP contribution in [0.2, 0.25) is 0 Å². The molecule has 3 rings (SSSR count). The van der Waals surface area contributed by atoms with E-state index in [1.54, 1.807) is 12.4 Å². The van der Waals surface area contributed by atoms with Gasteiger partial charge in [-0.15, -0.1) is 0 Å². The van der Waals surface area contributed by atoms with Gasteiger partial charge >= 0.3 is 0 Å². The molecule has 0 radical (unpaired) electrons. The minimum atomic E-state index is -0.301. The summed E-state index contributed by atoms with van der Waals surface area (Å²) in [7, 11) is 0. The van der Waals surface area contributed by atoms with E-state index >= 15 is 0 Å².